The van der Waals surface area contributed by atoms with Gasteiger partial charge in [0.1, 0.15) is 5.75 Å². The number of aryl methyl sites for hydroxylation is 2. The van der Waals surface area contributed by atoms with Crippen LogP contribution < -0.4 is 4.74 Å². The maximum Gasteiger partial charge on any atom is 0.364 e. The average Bonchev–Trinajstić information content (AvgIpc) is 2.69. The highest BCUT2D eigenvalue weighted by Gasteiger charge is 2.24. The van der Waals surface area contributed by atoms with E-state index in [4.69, 9.17) is 16.3 Å². The van der Waals surface area contributed by atoms with Crippen LogP contribution in [0.3, 0.4) is 0 Å². The Kier molecular flexibility index (Phi) is 6.52. The van der Waals surface area contributed by atoms with Gasteiger partial charge in [0, 0.05) is 5.56 Å². The van der Waals surface area contributed by atoms with Crippen LogP contribution in [-0.4, -0.2) is 30.1 Å². The average molecular weight is 459 g/mol. The Bertz CT molecular complexity index is 1290. The van der Waals surface area contributed by atoms with E-state index in [9.17, 15) is 18.0 Å². The quantitative estimate of drug-likeness (QED) is 0.236. The first kappa shape index (κ1) is 22.6. The number of halogens is 1. The molecule has 0 fully saturated rings. The number of benzene rings is 2. The molecule has 9 heteroatoms. The third kappa shape index (κ3) is 5.15. The molecule has 7 nitrogen and oxygen atoms in total. The summed E-state index contributed by atoms with van der Waals surface area (Å²) >= 11 is 6.03. The Morgan fingerprint density at radius 1 is 1.06 bits per heavy atom. The summed E-state index contributed by atoms with van der Waals surface area (Å²) in [6.45, 7) is 4.95. The second-order valence-corrected chi connectivity index (χ2v) is 9.25. The van der Waals surface area contributed by atoms with Crippen molar-refractivity contribution in [3.8, 4) is 5.75 Å². The monoisotopic (exact) mass is 458 g/mol. The molecule has 0 bridgehead atoms. The summed E-state index contributed by atoms with van der Waals surface area (Å²) < 4.78 is 30.9. The van der Waals surface area contributed by atoms with E-state index in [1.54, 1.807) is 38.1 Å². The highest BCUT2D eigenvalue weighted by atomic mass is 35.5. The Labute approximate surface area is 185 Å². The summed E-state index contributed by atoms with van der Waals surface area (Å²) in [5.41, 5.74) is 2.18. The van der Waals surface area contributed by atoms with Gasteiger partial charge in [0.2, 0.25) is 15.0 Å². The van der Waals surface area contributed by atoms with Crippen LogP contribution in [0.4, 0.5) is 0 Å². The van der Waals surface area contributed by atoms with Crippen LogP contribution in [0.2, 0.25) is 5.02 Å². The molecular weight excluding hydrogens is 440 g/mol. The van der Waals surface area contributed by atoms with Gasteiger partial charge < -0.3 is 4.74 Å². The molecule has 2 aromatic carbocycles. The van der Waals surface area contributed by atoms with Gasteiger partial charge in [-0.1, -0.05) is 35.9 Å². The van der Waals surface area contributed by atoms with Crippen molar-refractivity contribution in [2.45, 2.75) is 31.7 Å². The van der Waals surface area contributed by atoms with Crippen molar-refractivity contribution in [2.75, 3.05) is 0 Å². The number of carbonyl (C=O) groups excluding carboxylic acids is 2. The standard InChI is InChI=1S/C22H19ClN2O5S/c1-13-6-4-5-7-16(13)12-31(28,29)22-24-11-19(23)20(25-22)21(27)30-17-8-9-18(15(3)26)14(2)10-17/h4-11H,12H2,1-3H3. The lowest BCUT2D eigenvalue weighted by Gasteiger charge is -2.10. The van der Waals surface area contributed by atoms with Crippen molar-refractivity contribution in [1.82, 2.24) is 9.97 Å². The highest BCUT2D eigenvalue weighted by molar-refractivity contribution is 7.90. The van der Waals surface area contributed by atoms with Gasteiger partial charge in [-0.3, -0.25) is 4.79 Å². The number of esters is 1. The Morgan fingerprint density at radius 3 is 2.42 bits per heavy atom. The van der Waals surface area contributed by atoms with Gasteiger partial charge in [-0.15, -0.1) is 0 Å². The fourth-order valence-electron chi connectivity index (χ4n) is 2.94. The molecule has 0 radical (unpaired) electrons. The predicted octanol–water partition coefficient (Wildman–Crippen LogP) is 4.14. The Balaban J connectivity index is 1.88. The van der Waals surface area contributed by atoms with Crippen LogP contribution in [0.15, 0.2) is 53.8 Å². The van der Waals surface area contributed by atoms with E-state index in [2.05, 4.69) is 9.97 Å². The van der Waals surface area contributed by atoms with Crippen molar-refractivity contribution in [1.29, 1.82) is 0 Å². The fraction of sp³-hybridized carbons (Fsp3) is 0.182. The molecule has 0 saturated carbocycles. The number of rotatable bonds is 6. The van der Waals surface area contributed by atoms with Gasteiger partial charge in [0.05, 0.1) is 17.0 Å². The molecule has 1 heterocycles. The molecule has 0 amide bonds. The van der Waals surface area contributed by atoms with Crippen LogP contribution in [0, 0.1) is 13.8 Å². The van der Waals surface area contributed by atoms with Gasteiger partial charge in [-0.2, -0.15) is 0 Å². The normalized spacial score (nSPS) is 11.2. The maximum atomic E-state index is 12.8. The lowest BCUT2D eigenvalue weighted by atomic mass is 10.1. The first-order chi connectivity index (χ1) is 14.6. The molecule has 0 unspecified atom stereocenters. The molecule has 3 aromatic rings. The summed E-state index contributed by atoms with van der Waals surface area (Å²) in [6, 6.07) is 11.6. The van der Waals surface area contributed by atoms with E-state index in [1.807, 2.05) is 6.07 Å². The number of Topliss-reactive ketones (excluding diaryl/α,β-unsaturated/α-hetero) is 1. The summed E-state index contributed by atoms with van der Waals surface area (Å²) in [5.74, 6) is -1.19. The molecule has 3 rings (SSSR count). The van der Waals surface area contributed by atoms with Crippen molar-refractivity contribution in [3.05, 3.63) is 81.6 Å². The molecule has 0 aliphatic rings. The molecule has 160 valence electrons. The molecule has 0 aliphatic carbocycles. The Morgan fingerprint density at radius 2 is 1.77 bits per heavy atom. The summed E-state index contributed by atoms with van der Waals surface area (Å²) in [6.07, 6.45) is 1.06. The maximum absolute atomic E-state index is 12.8. The van der Waals surface area contributed by atoms with E-state index >= 15 is 0 Å². The van der Waals surface area contributed by atoms with Crippen molar-refractivity contribution in [2.24, 2.45) is 0 Å². The lowest BCUT2D eigenvalue weighted by molar-refractivity contribution is 0.0727. The number of ketones is 1. The zero-order valence-electron chi connectivity index (χ0n) is 17.0. The number of hydrogen-bond donors (Lipinski definition) is 0. The molecule has 1 aromatic heterocycles. The van der Waals surface area contributed by atoms with Crippen molar-refractivity contribution in [3.63, 3.8) is 0 Å². The summed E-state index contributed by atoms with van der Waals surface area (Å²) in [5, 5.41) is -0.660. The molecule has 31 heavy (non-hydrogen) atoms. The summed E-state index contributed by atoms with van der Waals surface area (Å²) in [4.78, 5) is 31.8. The number of nitrogens with zero attached hydrogens (tertiary/aromatic N) is 2. The van der Waals surface area contributed by atoms with E-state index in [0.717, 1.165) is 11.8 Å². The molecule has 0 saturated heterocycles. The fourth-order valence-corrected chi connectivity index (χ4v) is 4.41. The molecule has 0 aliphatic heterocycles. The number of carbonyl (C=O) groups is 2. The van der Waals surface area contributed by atoms with E-state index in [1.165, 1.54) is 19.1 Å². The van der Waals surface area contributed by atoms with E-state index < -0.39 is 21.0 Å². The first-order valence-corrected chi connectivity index (χ1v) is 11.2. The van der Waals surface area contributed by atoms with Crippen molar-refractivity contribution >= 4 is 33.2 Å². The predicted molar refractivity (Wildman–Crippen MR) is 115 cm³/mol. The molecule has 0 spiro atoms. The SMILES string of the molecule is CC(=O)c1ccc(OC(=O)c2nc(S(=O)(=O)Cc3ccccc3C)ncc2Cl)cc1C. The first-order valence-electron chi connectivity index (χ1n) is 9.22. The lowest BCUT2D eigenvalue weighted by Crippen LogP contribution is -2.17. The third-order valence-electron chi connectivity index (χ3n) is 4.59. The van der Waals surface area contributed by atoms with Crippen LogP contribution in [0.1, 0.15) is 44.5 Å². The molecular formula is C22H19ClN2O5S. The topological polar surface area (TPSA) is 103 Å². The van der Waals surface area contributed by atoms with Gasteiger partial charge in [-0.05, 0) is 55.7 Å². The van der Waals surface area contributed by atoms with E-state index in [0.29, 0.717) is 16.7 Å². The van der Waals surface area contributed by atoms with Crippen molar-refractivity contribution < 1.29 is 22.7 Å². The van der Waals surface area contributed by atoms with Gasteiger partial charge in [-0.25, -0.2) is 23.2 Å². The number of sulfone groups is 1. The molecule has 0 N–H and O–H groups in total. The number of hydrogen-bond acceptors (Lipinski definition) is 7. The zero-order valence-corrected chi connectivity index (χ0v) is 18.6. The molecule has 0 atom stereocenters. The number of aromatic nitrogens is 2. The minimum atomic E-state index is -3.93. The van der Waals surface area contributed by atoms with Crippen LogP contribution in [-0.2, 0) is 15.6 Å². The minimum Gasteiger partial charge on any atom is -0.422 e. The minimum absolute atomic E-state index is 0.113. The Hall–Kier alpha value is -3.10. The van der Waals surface area contributed by atoms with Crippen LogP contribution in [0.5, 0.6) is 5.75 Å². The number of ether oxygens (including phenoxy) is 1. The third-order valence-corrected chi connectivity index (χ3v) is 6.31. The zero-order chi connectivity index (χ0) is 22.8. The van der Waals surface area contributed by atoms with Crippen LogP contribution in [0.25, 0.3) is 0 Å². The summed E-state index contributed by atoms with van der Waals surface area (Å²) in [7, 11) is -3.93. The second kappa shape index (κ2) is 8.95. The highest BCUT2D eigenvalue weighted by Crippen LogP contribution is 2.22. The second-order valence-electron chi connectivity index (χ2n) is 6.96. The largest absolute Gasteiger partial charge is 0.422 e. The van der Waals surface area contributed by atoms with E-state index in [-0.39, 0.29) is 28.0 Å². The van der Waals surface area contributed by atoms with Crippen LogP contribution >= 0.6 is 11.6 Å². The van der Waals surface area contributed by atoms with Gasteiger partial charge in [0.15, 0.2) is 11.5 Å². The van der Waals surface area contributed by atoms with Gasteiger partial charge in [0.25, 0.3) is 0 Å². The smallest absolute Gasteiger partial charge is 0.364 e. The van der Waals surface area contributed by atoms with Gasteiger partial charge >= 0.3 is 5.97 Å².